The number of halogens is 2. The molecule has 0 saturated heterocycles. The summed E-state index contributed by atoms with van der Waals surface area (Å²) in [6.07, 6.45) is 0.899. The maximum atomic E-state index is 12.6. The average molecular weight is 494 g/mol. The summed E-state index contributed by atoms with van der Waals surface area (Å²) in [7, 11) is 0. The molecule has 1 heterocycles. The van der Waals surface area contributed by atoms with Crippen LogP contribution in [0.2, 0.25) is 0 Å². The molecular formula is C20H18Br2N2OS. The lowest BCUT2D eigenvalue weighted by Gasteiger charge is -2.08. The molecule has 134 valence electrons. The summed E-state index contributed by atoms with van der Waals surface area (Å²) >= 11 is 8.48. The van der Waals surface area contributed by atoms with Crippen molar-refractivity contribution >= 4 is 49.1 Å². The first-order valence-electron chi connectivity index (χ1n) is 8.36. The van der Waals surface area contributed by atoms with Crippen molar-refractivity contribution in [2.24, 2.45) is 4.99 Å². The van der Waals surface area contributed by atoms with Crippen LogP contribution in [0.3, 0.4) is 0 Å². The molecule has 0 fully saturated rings. The van der Waals surface area contributed by atoms with Gasteiger partial charge in [-0.25, -0.2) is 0 Å². The lowest BCUT2D eigenvalue weighted by atomic mass is 10.1. The molecule has 0 unspecified atom stereocenters. The zero-order valence-electron chi connectivity index (χ0n) is 14.5. The van der Waals surface area contributed by atoms with E-state index in [1.807, 2.05) is 24.3 Å². The Labute approximate surface area is 173 Å². The Morgan fingerprint density at radius 3 is 2.42 bits per heavy atom. The van der Waals surface area contributed by atoms with Gasteiger partial charge in [0.1, 0.15) is 0 Å². The van der Waals surface area contributed by atoms with Crippen molar-refractivity contribution in [2.45, 2.75) is 26.8 Å². The number of aromatic nitrogens is 1. The van der Waals surface area contributed by atoms with E-state index in [1.54, 1.807) is 23.5 Å². The van der Waals surface area contributed by atoms with Crippen molar-refractivity contribution in [3.63, 3.8) is 0 Å². The number of amides is 1. The number of carbonyl (C=O) groups excluding carboxylic acids is 1. The van der Waals surface area contributed by atoms with Gasteiger partial charge in [0, 0.05) is 25.9 Å². The fourth-order valence-corrected chi connectivity index (χ4v) is 4.59. The molecule has 0 spiro atoms. The van der Waals surface area contributed by atoms with Gasteiger partial charge in [-0.05, 0) is 49.2 Å². The minimum absolute atomic E-state index is 0.222. The van der Waals surface area contributed by atoms with Gasteiger partial charge in [-0.15, -0.1) is 11.3 Å². The molecule has 0 radical (unpaired) electrons. The molecule has 1 aromatic heterocycles. The number of hydrogen-bond acceptors (Lipinski definition) is 2. The molecule has 26 heavy (non-hydrogen) atoms. The van der Waals surface area contributed by atoms with Gasteiger partial charge in [0.2, 0.25) is 0 Å². The fourth-order valence-electron chi connectivity index (χ4n) is 2.77. The van der Waals surface area contributed by atoms with E-state index in [0.29, 0.717) is 5.56 Å². The Bertz CT molecular complexity index is 1000. The maximum Gasteiger partial charge on any atom is 0.279 e. The number of nitrogens with zero attached hydrogens (tertiary/aromatic N) is 2. The molecular weight excluding hydrogens is 476 g/mol. The summed E-state index contributed by atoms with van der Waals surface area (Å²) in [5, 5.41) is 0. The van der Waals surface area contributed by atoms with Crippen LogP contribution < -0.4 is 4.80 Å². The number of hydrogen-bond donors (Lipinski definition) is 0. The van der Waals surface area contributed by atoms with E-state index >= 15 is 0 Å². The molecule has 3 rings (SSSR count). The van der Waals surface area contributed by atoms with Crippen LogP contribution in [-0.2, 0) is 13.0 Å². The summed E-state index contributed by atoms with van der Waals surface area (Å²) in [6, 6.07) is 15.6. The van der Waals surface area contributed by atoms with Crippen molar-refractivity contribution < 1.29 is 4.79 Å². The topological polar surface area (TPSA) is 34.4 Å². The van der Waals surface area contributed by atoms with E-state index in [2.05, 4.69) is 67.4 Å². The van der Waals surface area contributed by atoms with E-state index in [1.165, 1.54) is 4.88 Å². The van der Waals surface area contributed by atoms with Crippen molar-refractivity contribution in [3.05, 3.63) is 72.7 Å². The van der Waals surface area contributed by atoms with Gasteiger partial charge >= 0.3 is 0 Å². The molecule has 3 nitrogen and oxygen atoms in total. The second-order valence-corrected chi connectivity index (χ2v) is 8.58. The van der Waals surface area contributed by atoms with E-state index in [4.69, 9.17) is 0 Å². The van der Waals surface area contributed by atoms with Crippen molar-refractivity contribution in [1.29, 1.82) is 0 Å². The van der Waals surface area contributed by atoms with Crippen molar-refractivity contribution in [3.8, 4) is 11.3 Å². The highest BCUT2D eigenvalue weighted by atomic mass is 79.9. The molecule has 0 bridgehead atoms. The number of benzene rings is 2. The maximum absolute atomic E-state index is 12.6. The van der Waals surface area contributed by atoms with Gasteiger partial charge in [-0.2, -0.15) is 4.99 Å². The van der Waals surface area contributed by atoms with Gasteiger partial charge in [0.15, 0.2) is 4.80 Å². The molecule has 1 amide bonds. The molecule has 0 aliphatic heterocycles. The minimum Gasteiger partial charge on any atom is -0.316 e. The number of rotatable bonds is 4. The molecule has 0 atom stereocenters. The monoisotopic (exact) mass is 492 g/mol. The van der Waals surface area contributed by atoms with Gasteiger partial charge < -0.3 is 4.57 Å². The minimum atomic E-state index is -0.222. The first-order chi connectivity index (χ1) is 12.5. The highest BCUT2D eigenvalue weighted by molar-refractivity contribution is 9.10. The molecule has 0 saturated carbocycles. The normalized spacial score (nSPS) is 11.8. The standard InChI is InChI=1S/C20H18Br2N2OS/c1-3-17-18(13-8-10-15(21)11-9-13)24(4-2)20(26-17)23-19(25)14-6-5-7-16(22)12-14/h5-12H,3-4H2,1-2H3. The second-order valence-electron chi connectivity index (χ2n) is 5.69. The van der Waals surface area contributed by atoms with E-state index < -0.39 is 0 Å². The first kappa shape index (κ1) is 19.3. The highest BCUT2D eigenvalue weighted by Crippen LogP contribution is 2.28. The summed E-state index contributed by atoms with van der Waals surface area (Å²) < 4.78 is 4.05. The summed E-state index contributed by atoms with van der Waals surface area (Å²) in [5.41, 5.74) is 2.87. The van der Waals surface area contributed by atoms with Crippen molar-refractivity contribution in [2.75, 3.05) is 0 Å². The number of carbonyl (C=O) groups is 1. The van der Waals surface area contributed by atoms with Crippen LogP contribution >= 0.6 is 43.2 Å². The zero-order chi connectivity index (χ0) is 18.7. The Balaban J connectivity index is 2.13. The van der Waals surface area contributed by atoms with Crippen molar-refractivity contribution in [1.82, 2.24) is 4.57 Å². The van der Waals surface area contributed by atoms with Crippen LogP contribution in [0.1, 0.15) is 29.1 Å². The summed E-state index contributed by atoms with van der Waals surface area (Å²) in [5.74, 6) is -0.222. The third-order valence-corrected chi connectivity index (χ3v) is 6.25. The molecule has 2 aromatic carbocycles. The average Bonchev–Trinajstić information content (AvgIpc) is 2.99. The fraction of sp³-hybridized carbons (Fsp3) is 0.200. The predicted octanol–water partition coefficient (Wildman–Crippen LogP) is 6.07. The Kier molecular flexibility index (Phi) is 6.27. The Morgan fingerprint density at radius 2 is 1.81 bits per heavy atom. The van der Waals surface area contributed by atoms with Crippen LogP contribution in [0.15, 0.2) is 62.5 Å². The smallest absolute Gasteiger partial charge is 0.279 e. The van der Waals surface area contributed by atoms with Gasteiger partial charge in [-0.3, -0.25) is 4.79 Å². The largest absolute Gasteiger partial charge is 0.316 e. The van der Waals surface area contributed by atoms with E-state index in [9.17, 15) is 4.79 Å². The van der Waals surface area contributed by atoms with E-state index in [0.717, 1.165) is 38.0 Å². The second kappa shape index (κ2) is 8.46. The van der Waals surface area contributed by atoms with E-state index in [-0.39, 0.29) is 5.91 Å². The van der Waals surface area contributed by atoms with Crippen LogP contribution in [0.4, 0.5) is 0 Å². The molecule has 0 N–H and O–H groups in total. The molecule has 6 heteroatoms. The SMILES string of the molecule is CCc1sc(=NC(=O)c2cccc(Br)c2)n(CC)c1-c1ccc(Br)cc1. The number of aryl methyl sites for hydroxylation is 1. The lowest BCUT2D eigenvalue weighted by molar-refractivity contribution is 0.0997. The lowest BCUT2D eigenvalue weighted by Crippen LogP contribution is -2.17. The quantitative estimate of drug-likeness (QED) is 0.434. The first-order valence-corrected chi connectivity index (χ1v) is 10.8. The summed E-state index contributed by atoms with van der Waals surface area (Å²) in [6.45, 7) is 4.97. The van der Waals surface area contributed by atoms with Gasteiger partial charge in [0.25, 0.3) is 5.91 Å². The van der Waals surface area contributed by atoms with Gasteiger partial charge in [-0.1, -0.05) is 57.0 Å². The van der Waals surface area contributed by atoms with Crippen LogP contribution in [0, 0.1) is 0 Å². The predicted molar refractivity (Wildman–Crippen MR) is 115 cm³/mol. The third kappa shape index (κ3) is 4.08. The van der Waals surface area contributed by atoms with Crippen LogP contribution in [-0.4, -0.2) is 10.5 Å². The van der Waals surface area contributed by atoms with Gasteiger partial charge in [0.05, 0.1) is 5.69 Å². The Hall–Kier alpha value is -1.50. The summed E-state index contributed by atoms with van der Waals surface area (Å²) in [4.78, 5) is 19.0. The number of thiazole rings is 1. The third-order valence-electron chi connectivity index (χ3n) is 4.00. The molecule has 0 aliphatic rings. The Morgan fingerprint density at radius 1 is 1.08 bits per heavy atom. The highest BCUT2D eigenvalue weighted by Gasteiger charge is 2.15. The molecule has 3 aromatic rings. The molecule has 0 aliphatic carbocycles. The zero-order valence-corrected chi connectivity index (χ0v) is 18.5. The van der Waals surface area contributed by atoms with Crippen LogP contribution in [0.25, 0.3) is 11.3 Å². The van der Waals surface area contributed by atoms with Crippen LogP contribution in [0.5, 0.6) is 0 Å².